The van der Waals surface area contributed by atoms with Crippen LogP contribution in [0.25, 0.3) is 0 Å². The third-order valence-corrected chi connectivity index (χ3v) is 15.2. The van der Waals surface area contributed by atoms with Gasteiger partial charge in [0.25, 0.3) is 7.82 Å². The first-order chi connectivity index (χ1) is 39.4. The number of allylic oxidation sites excluding steroid dienone is 17. The number of carbonyl (C=O) groups is 2. The van der Waals surface area contributed by atoms with Crippen LogP contribution in [0, 0.1) is 0 Å². The van der Waals surface area contributed by atoms with Gasteiger partial charge in [0.05, 0.1) is 33.8 Å². The molecule has 0 spiro atoms. The van der Waals surface area contributed by atoms with Crippen LogP contribution in [-0.2, 0) is 27.9 Å². The summed E-state index contributed by atoms with van der Waals surface area (Å²) in [6, 6.07) is -0.913. The normalized spacial score (nSPS) is 14.3. The van der Waals surface area contributed by atoms with Crippen LogP contribution in [0.2, 0.25) is 0 Å². The van der Waals surface area contributed by atoms with Gasteiger partial charge in [-0.25, -0.2) is 0 Å². The molecular formula is C71H125N2O7P. The van der Waals surface area contributed by atoms with Gasteiger partial charge in [0, 0.05) is 12.8 Å². The molecule has 1 amide bonds. The average Bonchev–Trinajstić information content (AvgIpc) is 3.44. The second kappa shape index (κ2) is 59.8. The highest BCUT2D eigenvalue weighted by atomic mass is 31.2. The van der Waals surface area contributed by atoms with Crippen LogP contribution in [0.3, 0.4) is 0 Å². The number of esters is 1. The number of nitrogens with zero attached hydrogens (tertiary/aromatic N) is 1. The van der Waals surface area contributed by atoms with E-state index in [-0.39, 0.29) is 31.3 Å². The minimum Gasteiger partial charge on any atom is -0.756 e. The molecule has 9 nitrogen and oxygen atoms in total. The molecule has 0 radical (unpaired) electrons. The second-order valence-electron chi connectivity index (χ2n) is 23.2. The van der Waals surface area contributed by atoms with Crippen LogP contribution in [0.4, 0.5) is 0 Å². The van der Waals surface area contributed by atoms with Crippen LogP contribution < -0.4 is 10.2 Å². The fourth-order valence-electron chi connectivity index (χ4n) is 9.08. The summed E-state index contributed by atoms with van der Waals surface area (Å²) in [6.07, 6.45) is 82.1. The highest BCUT2D eigenvalue weighted by Crippen LogP contribution is 2.38. The number of unbranched alkanes of at least 4 members (excludes halogenated alkanes) is 27. The minimum atomic E-state index is -4.72. The van der Waals surface area contributed by atoms with Crippen molar-refractivity contribution in [3.05, 3.63) is 109 Å². The summed E-state index contributed by atoms with van der Waals surface area (Å²) in [4.78, 5) is 40.0. The molecule has 3 atom stereocenters. The molecule has 0 bridgehead atoms. The molecule has 0 aliphatic rings. The first kappa shape index (κ1) is 77.7. The third-order valence-electron chi connectivity index (χ3n) is 14.2. The Balaban J connectivity index is 5.13. The van der Waals surface area contributed by atoms with Crippen molar-refractivity contribution in [1.82, 2.24) is 5.32 Å². The standard InChI is InChI=1S/C71H125N2O7P/c1-7-10-13-16-19-22-25-28-30-32-33-34-35-36-37-38-39-40-41-42-44-46-49-52-55-58-61-64-71(75)80-69(62-59-56-53-50-47-27-24-21-18-15-12-9-3)68(67-79-81(76,77)78-66-65-73(4,5)6)72-70(74)63-60-57-54-51-48-45-43-31-29-26-23-20-17-14-11-8-2/h11,14,19-20,22-23,28-31,33-34,36-37,45,48,59,62,68-69H,7-10,12-13,15-18,21,24-27,32,35,38-44,46-47,49-58,60-61,63-67H2,1-6H3,(H-,72,74,76,77)/b14-11+,22-19-,23-20+,30-28-,31-29+,34-33-,37-36-,48-45+,62-59-. The maximum Gasteiger partial charge on any atom is 0.306 e. The number of hydrogen-bond donors (Lipinski definition) is 1. The molecule has 0 aromatic rings. The number of phosphoric ester groups is 1. The lowest BCUT2D eigenvalue weighted by atomic mass is 10.0. The van der Waals surface area contributed by atoms with Gasteiger partial charge >= 0.3 is 5.97 Å². The SMILES string of the molecule is CC/C=C/C/C=C/C/C=C/C/C=C/CCCCCC(=O)NC(COP(=O)([O-])OCC[N+](C)(C)C)C(/C=C\CCCCCCCCCCCC)OC(=O)CCCCCCCCCCCCC/C=C\C/C=C\C/C=C\C/C=C\CCCCC. The zero-order valence-corrected chi connectivity index (χ0v) is 54.1. The predicted octanol–water partition coefficient (Wildman–Crippen LogP) is 20.3. The highest BCUT2D eigenvalue weighted by molar-refractivity contribution is 7.45. The molecule has 0 saturated heterocycles. The lowest BCUT2D eigenvalue weighted by Crippen LogP contribution is -2.47. The van der Waals surface area contributed by atoms with Crippen molar-refractivity contribution in [3.8, 4) is 0 Å². The maximum absolute atomic E-state index is 13.5. The van der Waals surface area contributed by atoms with Crippen LogP contribution in [0.1, 0.15) is 278 Å². The molecule has 0 fully saturated rings. The van der Waals surface area contributed by atoms with E-state index < -0.39 is 26.6 Å². The van der Waals surface area contributed by atoms with Gasteiger partial charge in [0.15, 0.2) is 0 Å². The van der Waals surface area contributed by atoms with Crippen LogP contribution in [0.15, 0.2) is 109 Å². The van der Waals surface area contributed by atoms with E-state index in [0.717, 1.165) is 109 Å². The monoisotopic (exact) mass is 1150 g/mol. The molecule has 81 heavy (non-hydrogen) atoms. The molecule has 10 heteroatoms. The molecule has 0 aromatic carbocycles. The number of quaternary nitrogens is 1. The summed E-state index contributed by atoms with van der Waals surface area (Å²) in [5, 5.41) is 3.01. The Bertz CT molecular complexity index is 1750. The van der Waals surface area contributed by atoms with E-state index in [9.17, 15) is 19.0 Å². The molecule has 0 aliphatic carbocycles. The molecule has 1 N–H and O–H groups in total. The number of carbonyl (C=O) groups excluding carboxylic acids is 2. The number of hydrogen-bond acceptors (Lipinski definition) is 7. The topological polar surface area (TPSA) is 114 Å². The third kappa shape index (κ3) is 61.1. The van der Waals surface area contributed by atoms with E-state index in [2.05, 4.69) is 123 Å². The molecule has 3 unspecified atom stereocenters. The highest BCUT2D eigenvalue weighted by Gasteiger charge is 2.27. The van der Waals surface area contributed by atoms with Crippen LogP contribution in [0.5, 0.6) is 0 Å². The predicted molar refractivity (Wildman–Crippen MR) is 348 cm³/mol. The van der Waals surface area contributed by atoms with Gasteiger partial charge in [-0.3, -0.25) is 14.2 Å². The summed E-state index contributed by atoms with van der Waals surface area (Å²) in [7, 11) is 1.15. The van der Waals surface area contributed by atoms with Crippen molar-refractivity contribution in [1.29, 1.82) is 0 Å². The second-order valence-corrected chi connectivity index (χ2v) is 24.6. The van der Waals surface area contributed by atoms with E-state index >= 15 is 0 Å². The number of amides is 1. The van der Waals surface area contributed by atoms with E-state index in [1.54, 1.807) is 0 Å². The Labute approximate surface area is 500 Å². The molecule has 0 aliphatic heterocycles. The largest absolute Gasteiger partial charge is 0.756 e. The molecule has 0 saturated carbocycles. The zero-order valence-electron chi connectivity index (χ0n) is 53.2. The molecule has 0 aromatic heterocycles. The summed E-state index contributed by atoms with van der Waals surface area (Å²) in [5.74, 6) is -0.584. The lowest BCUT2D eigenvalue weighted by Gasteiger charge is -2.30. The molecular weight excluding hydrogens is 1020 g/mol. The minimum absolute atomic E-state index is 0.0341. The Morgan fingerprint density at radius 1 is 0.444 bits per heavy atom. The molecule has 0 heterocycles. The van der Waals surface area contributed by atoms with E-state index in [1.807, 2.05) is 33.3 Å². The van der Waals surface area contributed by atoms with Gasteiger partial charge in [0.1, 0.15) is 19.3 Å². The average molecular weight is 1150 g/mol. The van der Waals surface area contributed by atoms with Crippen molar-refractivity contribution in [2.45, 2.75) is 290 Å². The number of ether oxygens (including phenoxy) is 1. The van der Waals surface area contributed by atoms with Crippen molar-refractivity contribution < 1.29 is 37.3 Å². The fraction of sp³-hybridized carbons (Fsp3) is 0.718. The molecule has 0 rings (SSSR count). The van der Waals surface area contributed by atoms with Gasteiger partial charge in [0.2, 0.25) is 5.91 Å². The quantitative estimate of drug-likeness (QED) is 0.0212. The van der Waals surface area contributed by atoms with Crippen LogP contribution in [-0.4, -0.2) is 69.4 Å². The van der Waals surface area contributed by atoms with Crippen molar-refractivity contribution in [2.75, 3.05) is 40.9 Å². The first-order valence-corrected chi connectivity index (χ1v) is 34.7. The summed E-state index contributed by atoms with van der Waals surface area (Å²) >= 11 is 0. The van der Waals surface area contributed by atoms with Crippen molar-refractivity contribution >= 4 is 19.7 Å². The van der Waals surface area contributed by atoms with E-state index in [4.69, 9.17) is 13.8 Å². The van der Waals surface area contributed by atoms with E-state index in [0.29, 0.717) is 17.4 Å². The van der Waals surface area contributed by atoms with E-state index in [1.165, 1.54) is 128 Å². The number of phosphoric acid groups is 1. The first-order valence-electron chi connectivity index (χ1n) is 33.2. The van der Waals surface area contributed by atoms with Gasteiger partial charge in [-0.1, -0.05) is 259 Å². The number of rotatable bonds is 59. The molecule has 466 valence electrons. The number of likely N-dealkylation sites (N-methyl/N-ethyl adjacent to an activating group) is 1. The van der Waals surface area contributed by atoms with Crippen molar-refractivity contribution in [2.24, 2.45) is 0 Å². The maximum atomic E-state index is 13.5. The fourth-order valence-corrected chi connectivity index (χ4v) is 9.81. The van der Waals surface area contributed by atoms with Crippen LogP contribution >= 0.6 is 7.82 Å². The summed E-state index contributed by atoms with van der Waals surface area (Å²) in [6.45, 7) is 6.67. The lowest BCUT2D eigenvalue weighted by molar-refractivity contribution is -0.870. The smallest absolute Gasteiger partial charge is 0.306 e. The Kier molecular flexibility index (Phi) is 57.4. The van der Waals surface area contributed by atoms with Crippen molar-refractivity contribution in [3.63, 3.8) is 0 Å². The Morgan fingerprint density at radius 2 is 0.790 bits per heavy atom. The Morgan fingerprint density at radius 3 is 1.22 bits per heavy atom. The van der Waals surface area contributed by atoms with Gasteiger partial charge in [-0.2, -0.15) is 0 Å². The summed E-state index contributed by atoms with van der Waals surface area (Å²) < 4.78 is 30.3. The Hall–Kier alpha value is -3.33. The van der Waals surface area contributed by atoms with Gasteiger partial charge in [-0.05, 0) is 115 Å². The summed E-state index contributed by atoms with van der Waals surface area (Å²) in [5.41, 5.74) is 0. The van der Waals surface area contributed by atoms with Gasteiger partial charge < -0.3 is 28.5 Å². The zero-order chi connectivity index (χ0) is 59.3. The number of nitrogens with one attached hydrogen (secondary N) is 1. The van der Waals surface area contributed by atoms with Gasteiger partial charge in [-0.15, -0.1) is 0 Å².